The molecule has 1 N–H and O–H groups in total. The number of rotatable bonds is 5. The van der Waals surface area contributed by atoms with Crippen LogP contribution in [-0.4, -0.2) is 50.5 Å². The highest BCUT2D eigenvalue weighted by molar-refractivity contribution is 5.95. The van der Waals surface area contributed by atoms with Crippen LogP contribution in [0.3, 0.4) is 0 Å². The minimum Gasteiger partial charge on any atom is -0.352 e. The first kappa shape index (κ1) is 17.3. The number of likely N-dealkylation sites (tertiary alicyclic amines) is 1. The molecular weight excluding hydrogens is 328 g/mol. The third-order valence-electron chi connectivity index (χ3n) is 5.89. The average Bonchev–Trinajstić information content (AvgIpc) is 3.26. The molecule has 2 aromatic heterocycles. The van der Waals surface area contributed by atoms with E-state index in [-0.39, 0.29) is 11.9 Å². The Labute approximate surface area is 154 Å². The van der Waals surface area contributed by atoms with E-state index in [0.29, 0.717) is 18.4 Å². The molecule has 1 saturated carbocycles. The zero-order valence-corrected chi connectivity index (χ0v) is 15.9. The molecule has 1 saturated heterocycles. The summed E-state index contributed by atoms with van der Waals surface area (Å²) < 4.78 is 3.81. The van der Waals surface area contributed by atoms with Gasteiger partial charge in [0, 0.05) is 32.8 Å². The van der Waals surface area contributed by atoms with Crippen LogP contribution in [0.2, 0.25) is 0 Å². The summed E-state index contributed by atoms with van der Waals surface area (Å²) in [6.07, 6.45) is 8.17. The van der Waals surface area contributed by atoms with E-state index in [1.165, 1.54) is 5.69 Å². The largest absolute Gasteiger partial charge is 0.352 e. The summed E-state index contributed by atoms with van der Waals surface area (Å²) in [6.45, 7) is 1.76. The molecule has 7 heteroatoms. The summed E-state index contributed by atoms with van der Waals surface area (Å²) in [7, 11) is 6.09. The van der Waals surface area contributed by atoms with Crippen molar-refractivity contribution in [3.63, 3.8) is 0 Å². The van der Waals surface area contributed by atoms with Crippen molar-refractivity contribution in [2.75, 3.05) is 20.1 Å². The summed E-state index contributed by atoms with van der Waals surface area (Å²) in [5.74, 6) is 0.900. The van der Waals surface area contributed by atoms with Crippen LogP contribution in [0.25, 0.3) is 0 Å². The number of aromatic nitrogens is 4. The highest BCUT2D eigenvalue weighted by atomic mass is 16.1. The van der Waals surface area contributed by atoms with Gasteiger partial charge in [-0.25, -0.2) is 0 Å². The van der Waals surface area contributed by atoms with Crippen LogP contribution >= 0.6 is 0 Å². The molecular formula is C19H28N6O. The van der Waals surface area contributed by atoms with Crippen molar-refractivity contribution >= 4 is 5.91 Å². The van der Waals surface area contributed by atoms with Gasteiger partial charge in [0.1, 0.15) is 0 Å². The van der Waals surface area contributed by atoms with Gasteiger partial charge in [-0.1, -0.05) is 0 Å². The minimum atomic E-state index is 0.0111. The monoisotopic (exact) mass is 356 g/mol. The van der Waals surface area contributed by atoms with Gasteiger partial charge >= 0.3 is 0 Å². The van der Waals surface area contributed by atoms with Crippen LogP contribution in [0.5, 0.6) is 0 Å². The fourth-order valence-corrected chi connectivity index (χ4v) is 4.40. The van der Waals surface area contributed by atoms with E-state index in [1.807, 2.05) is 29.7 Å². The Morgan fingerprint density at radius 3 is 2.69 bits per heavy atom. The molecule has 1 aliphatic heterocycles. The Kier molecular flexibility index (Phi) is 4.56. The van der Waals surface area contributed by atoms with E-state index in [4.69, 9.17) is 0 Å². The van der Waals surface area contributed by atoms with Crippen molar-refractivity contribution in [2.24, 2.45) is 20.0 Å². The number of carbonyl (C=O) groups is 1. The van der Waals surface area contributed by atoms with Crippen LogP contribution in [0.15, 0.2) is 18.5 Å². The Bertz CT molecular complexity index is 790. The van der Waals surface area contributed by atoms with Crippen molar-refractivity contribution in [1.29, 1.82) is 0 Å². The zero-order valence-electron chi connectivity index (χ0n) is 15.9. The fourth-order valence-electron chi connectivity index (χ4n) is 4.40. The molecule has 2 aliphatic rings. The highest BCUT2D eigenvalue weighted by Gasteiger charge is 2.34. The van der Waals surface area contributed by atoms with Crippen LogP contribution in [0, 0.1) is 5.92 Å². The molecule has 0 spiro atoms. The van der Waals surface area contributed by atoms with E-state index in [1.54, 1.807) is 6.20 Å². The first-order chi connectivity index (χ1) is 12.6. The van der Waals surface area contributed by atoms with Gasteiger partial charge in [0.2, 0.25) is 0 Å². The SMILES string of the molecule is CN1CCC[C@@H](CNC(=O)c2cnn(C)c2C2CC2)[C@@H]1c1ccnn1C. The molecule has 2 fully saturated rings. The highest BCUT2D eigenvalue weighted by Crippen LogP contribution is 2.41. The predicted octanol–water partition coefficient (Wildman–Crippen LogP) is 1.84. The van der Waals surface area contributed by atoms with Gasteiger partial charge < -0.3 is 5.32 Å². The molecule has 2 aromatic rings. The maximum absolute atomic E-state index is 12.8. The van der Waals surface area contributed by atoms with Crippen molar-refractivity contribution < 1.29 is 4.79 Å². The number of aryl methyl sites for hydroxylation is 2. The summed E-state index contributed by atoms with van der Waals surface area (Å²) in [4.78, 5) is 15.2. The van der Waals surface area contributed by atoms with Gasteiger partial charge in [0.15, 0.2) is 0 Å². The summed E-state index contributed by atoms with van der Waals surface area (Å²) >= 11 is 0. The van der Waals surface area contributed by atoms with Crippen molar-refractivity contribution in [2.45, 2.75) is 37.6 Å². The lowest BCUT2D eigenvalue weighted by molar-refractivity contribution is 0.0879. The second kappa shape index (κ2) is 6.87. The number of hydrogen-bond donors (Lipinski definition) is 1. The molecule has 26 heavy (non-hydrogen) atoms. The first-order valence-corrected chi connectivity index (χ1v) is 9.54. The molecule has 0 radical (unpaired) electrons. The van der Waals surface area contributed by atoms with Gasteiger partial charge in [-0.05, 0) is 51.3 Å². The lowest BCUT2D eigenvalue weighted by Gasteiger charge is -2.39. The number of piperidine rings is 1. The number of carbonyl (C=O) groups excluding carboxylic acids is 1. The summed E-state index contributed by atoms with van der Waals surface area (Å²) in [5, 5.41) is 11.8. The lowest BCUT2D eigenvalue weighted by atomic mass is 9.87. The summed E-state index contributed by atoms with van der Waals surface area (Å²) in [6, 6.07) is 2.38. The van der Waals surface area contributed by atoms with Crippen LogP contribution in [0.4, 0.5) is 0 Å². The average molecular weight is 356 g/mol. The molecule has 0 bridgehead atoms. The topological polar surface area (TPSA) is 68.0 Å². The Hall–Kier alpha value is -2.15. The van der Waals surface area contributed by atoms with Gasteiger partial charge in [-0.15, -0.1) is 0 Å². The molecule has 3 heterocycles. The van der Waals surface area contributed by atoms with Gasteiger partial charge in [0.25, 0.3) is 5.91 Å². The molecule has 140 valence electrons. The molecule has 0 unspecified atom stereocenters. The minimum absolute atomic E-state index is 0.0111. The van der Waals surface area contributed by atoms with Gasteiger partial charge in [-0.3, -0.25) is 19.1 Å². The third kappa shape index (κ3) is 3.16. The number of nitrogens with zero attached hydrogens (tertiary/aromatic N) is 5. The molecule has 1 aliphatic carbocycles. The molecule has 1 amide bonds. The normalized spacial score (nSPS) is 24.0. The summed E-state index contributed by atoms with van der Waals surface area (Å²) in [5.41, 5.74) is 3.05. The van der Waals surface area contributed by atoms with E-state index >= 15 is 0 Å². The first-order valence-electron chi connectivity index (χ1n) is 9.54. The van der Waals surface area contributed by atoms with Gasteiger partial charge in [-0.2, -0.15) is 10.2 Å². The predicted molar refractivity (Wildman–Crippen MR) is 98.8 cm³/mol. The Morgan fingerprint density at radius 1 is 1.19 bits per heavy atom. The number of nitrogens with one attached hydrogen (secondary N) is 1. The second-order valence-electron chi connectivity index (χ2n) is 7.76. The van der Waals surface area contributed by atoms with E-state index in [0.717, 1.165) is 43.5 Å². The van der Waals surface area contributed by atoms with E-state index in [2.05, 4.69) is 33.5 Å². The molecule has 4 rings (SSSR count). The second-order valence-corrected chi connectivity index (χ2v) is 7.76. The van der Waals surface area contributed by atoms with Crippen LogP contribution < -0.4 is 5.32 Å². The number of hydrogen-bond acceptors (Lipinski definition) is 4. The molecule has 0 aromatic carbocycles. The maximum atomic E-state index is 12.8. The number of amides is 1. The lowest BCUT2D eigenvalue weighted by Crippen LogP contribution is -2.42. The van der Waals surface area contributed by atoms with Crippen molar-refractivity contribution in [3.05, 3.63) is 35.4 Å². The van der Waals surface area contributed by atoms with E-state index < -0.39 is 0 Å². The Balaban J connectivity index is 1.47. The molecule has 2 atom stereocenters. The van der Waals surface area contributed by atoms with Gasteiger partial charge in [0.05, 0.1) is 29.2 Å². The Morgan fingerprint density at radius 2 is 2.00 bits per heavy atom. The smallest absolute Gasteiger partial charge is 0.254 e. The van der Waals surface area contributed by atoms with Crippen LogP contribution in [-0.2, 0) is 14.1 Å². The van der Waals surface area contributed by atoms with Crippen LogP contribution in [0.1, 0.15) is 59.4 Å². The van der Waals surface area contributed by atoms with Crippen molar-refractivity contribution in [1.82, 2.24) is 29.8 Å². The fraction of sp³-hybridized carbons (Fsp3) is 0.632. The quantitative estimate of drug-likeness (QED) is 0.888. The standard InChI is InChI=1S/C19H28N6O/c1-23-10-4-5-14(18(23)16-8-9-21-24(16)2)11-20-19(26)15-12-22-25(3)17(15)13-6-7-13/h8-9,12-14,18H,4-7,10-11H2,1-3H3,(H,20,26)/t14-,18+/m0/s1. The van der Waals surface area contributed by atoms with E-state index in [9.17, 15) is 4.79 Å². The zero-order chi connectivity index (χ0) is 18.3. The van der Waals surface area contributed by atoms with Crippen molar-refractivity contribution in [3.8, 4) is 0 Å². The molecule has 7 nitrogen and oxygen atoms in total. The maximum Gasteiger partial charge on any atom is 0.254 e. The third-order valence-corrected chi connectivity index (χ3v) is 5.89.